The van der Waals surface area contributed by atoms with Crippen LogP contribution in [0.1, 0.15) is 11.1 Å². The van der Waals surface area contributed by atoms with Crippen molar-refractivity contribution in [2.45, 2.75) is 18.9 Å². The first-order valence-electron chi connectivity index (χ1n) is 13.0. The molecule has 0 aliphatic heterocycles. The molecule has 3 aromatic carbocycles. The molecule has 6 aromatic rings. The fourth-order valence-corrected chi connectivity index (χ4v) is 5.21. The molecular weight excluding hydrogens is 504 g/mol. The molecule has 1 atom stereocenters. The molecule has 3 N–H and O–H groups in total. The highest BCUT2D eigenvalue weighted by Crippen LogP contribution is 2.37. The second-order valence-corrected chi connectivity index (χ2v) is 9.63. The zero-order valence-corrected chi connectivity index (χ0v) is 22.2. The first-order chi connectivity index (χ1) is 19.6. The van der Waals surface area contributed by atoms with E-state index in [-0.39, 0.29) is 18.2 Å². The fourth-order valence-electron chi connectivity index (χ4n) is 5.21. The number of methoxy groups -OCH3 is 1. The molecular formula is C32H28N4O4. The third kappa shape index (κ3) is 4.64. The molecule has 3 heterocycles. The molecule has 0 fully saturated rings. The van der Waals surface area contributed by atoms with E-state index in [2.05, 4.69) is 20.6 Å². The van der Waals surface area contributed by atoms with E-state index in [1.165, 1.54) is 0 Å². The Balaban J connectivity index is 1.36. The summed E-state index contributed by atoms with van der Waals surface area (Å²) in [7, 11) is 3.18. The normalized spacial score (nSPS) is 12.1. The zero-order chi connectivity index (χ0) is 27.6. The van der Waals surface area contributed by atoms with Gasteiger partial charge in [0.25, 0.3) is 0 Å². The van der Waals surface area contributed by atoms with Crippen molar-refractivity contribution in [2.75, 3.05) is 14.2 Å². The number of ether oxygens (including phenoxy) is 1. The lowest BCUT2D eigenvalue weighted by atomic mass is 10.0. The number of hydrogen-bond donors (Lipinski definition) is 3. The maximum absolute atomic E-state index is 13.5. The first kappa shape index (κ1) is 25.2. The number of carbonyl (C=O) groups excluding carboxylic acids is 2. The molecule has 8 nitrogen and oxygen atoms in total. The molecule has 0 saturated carbocycles. The van der Waals surface area contributed by atoms with Crippen molar-refractivity contribution in [1.82, 2.24) is 20.6 Å². The fraction of sp³-hybridized carbons (Fsp3) is 0.156. The first-order valence-corrected chi connectivity index (χ1v) is 13.0. The van der Waals surface area contributed by atoms with Gasteiger partial charge in [-0.2, -0.15) is 0 Å². The average molecular weight is 533 g/mol. The van der Waals surface area contributed by atoms with E-state index < -0.39 is 6.04 Å². The van der Waals surface area contributed by atoms with Crippen LogP contribution >= 0.6 is 0 Å². The number of H-pyrrole nitrogens is 1. The smallest absolute Gasteiger partial charge is 0.242 e. The van der Waals surface area contributed by atoms with Crippen LogP contribution in [0.2, 0.25) is 0 Å². The van der Waals surface area contributed by atoms with Crippen molar-refractivity contribution in [3.05, 3.63) is 96.3 Å². The number of aromatic nitrogens is 2. The van der Waals surface area contributed by atoms with Crippen LogP contribution < -0.4 is 15.4 Å². The summed E-state index contributed by atoms with van der Waals surface area (Å²) in [5.74, 6) is 0.754. The Morgan fingerprint density at radius 3 is 2.62 bits per heavy atom. The van der Waals surface area contributed by atoms with Gasteiger partial charge in [0, 0.05) is 58.7 Å². The Kier molecular flexibility index (Phi) is 6.66. The van der Waals surface area contributed by atoms with E-state index in [9.17, 15) is 9.59 Å². The van der Waals surface area contributed by atoms with Gasteiger partial charge in [-0.1, -0.05) is 36.4 Å². The molecule has 6 rings (SSSR count). The minimum atomic E-state index is -0.748. The minimum Gasteiger partial charge on any atom is -0.497 e. The third-order valence-corrected chi connectivity index (χ3v) is 7.22. The van der Waals surface area contributed by atoms with Gasteiger partial charge in [-0.05, 0) is 42.0 Å². The van der Waals surface area contributed by atoms with Gasteiger partial charge in [-0.15, -0.1) is 0 Å². The van der Waals surface area contributed by atoms with Crippen molar-refractivity contribution in [2.24, 2.45) is 0 Å². The van der Waals surface area contributed by atoms with Gasteiger partial charge < -0.3 is 24.8 Å². The molecule has 0 bridgehead atoms. The van der Waals surface area contributed by atoms with Gasteiger partial charge in [0.05, 0.1) is 13.5 Å². The van der Waals surface area contributed by atoms with Gasteiger partial charge >= 0.3 is 0 Å². The lowest BCUT2D eigenvalue weighted by molar-refractivity contribution is -0.128. The van der Waals surface area contributed by atoms with Crippen LogP contribution in [0.15, 0.2) is 89.6 Å². The highest BCUT2D eigenvalue weighted by Gasteiger charge is 2.25. The number of furan rings is 1. The van der Waals surface area contributed by atoms with Gasteiger partial charge in [0.1, 0.15) is 23.1 Å². The van der Waals surface area contributed by atoms with Crippen LogP contribution in [0.3, 0.4) is 0 Å². The number of benzene rings is 3. The molecule has 1 unspecified atom stereocenters. The second kappa shape index (κ2) is 10.6. The van der Waals surface area contributed by atoms with Crippen molar-refractivity contribution in [3.63, 3.8) is 0 Å². The van der Waals surface area contributed by atoms with Gasteiger partial charge in [-0.3, -0.25) is 14.6 Å². The van der Waals surface area contributed by atoms with Crippen molar-refractivity contribution < 1.29 is 18.7 Å². The van der Waals surface area contributed by atoms with E-state index in [1.807, 2.05) is 79.0 Å². The number of nitrogens with one attached hydrogen (secondary N) is 3. The van der Waals surface area contributed by atoms with E-state index in [1.54, 1.807) is 20.4 Å². The number of rotatable bonds is 8. The molecule has 40 heavy (non-hydrogen) atoms. The Morgan fingerprint density at radius 2 is 1.82 bits per heavy atom. The summed E-state index contributed by atoms with van der Waals surface area (Å²) in [6.07, 6.45) is 3.98. The number of aromatic amines is 1. The SMILES string of the molecule is CNC(=O)C(Cc1c[nH]c2ccccc12)NC(=O)Cc1c(-c2ccc(OC)cc2)oc2c1ccc1cccnc12. The number of likely N-dealkylation sites (N-methyl/N-ethyl adjacent to an activating group) is 1. The standard InChI is InChI=1S/C32H28N4O4/c1-33-32(38)27(16-21-18-35-26-8-4-3-7-23(21)26)36-28(37)17-25-24-14-11-19-6-5-15-34-29(19)31(24)40-30(25)20-9-12-22(39-2)13-10-20/h3-15,18,27,35H,16-17H2,1-2H3,(H,33,38)(H,36,37). The van der Waals surface area contributed by atoms with Crippen LogP contribution in [0.25, 0.3) is 44.1 Å². The molecule has 2 amide bonds. The number of nitrogens with zero attached hydrogens (tertiary/aromatic N) is 1. The number of hydrogen-bond acceptors (Lipinski definition) is 5. The average Bonchev–Trinajstić information content (AvgIpc) is 3.58. The van der Waals surface area contributed by atoms with E-state index in [4.69, 9.17) is 9.15 Å². The second-order valence-electron chi connectivity index (χ2n) is 9.63. The predicted molar refractivity (Wildman–Crippen MR) is 155 cm³/mol. The van der Waals surface area contributed by atoms with Gasteiger partial charge in [0.2, 0.25) is 11.8 Å². The van der Waals surface area contributed by atoms with Crippen LogP contribution in [-0.2, 0) is 22.4 Å². The molecule has 0 radical (unpaired) electrons. The quantitative estimate of drug-likeness (QED) is 0.251. The summed E-state index contributed by atoms with van der Waals surface area (Å²) < 4.78 is 11.7. The van der Waals surface area contributed by atoms with Crippen LogP contribution in [0.5, 0.6) is 5.75 Å². The van der Waals surface area contributed by atoms with Crippen molar-refractivity contribution in [3.8, 4) is 17.1 Å². The van der Waals surface area contributed by atoms with Crippen LogP contribution in [0.4, 0.5) is 0 Å². The highest BCUT2D eigenvalue weighted by atomic mass is 16.5. The molecule has 0 aliphatic rings. The summed E-state index contributed by atoms with van der Waals surface area (Å²) in [6, 6.07) is 22.4. The molecule has 8 heteroatoms. The highest BCUT2D eigenvalue weighted by molar-refractivity contribution is 6.06. The molecule has 200 valence electrons. The van der Waals surface area contributed by atoms with Crippen molar-refractivity contribution in [1.29, 1.82) is 0 Å². The maximum Gasteiger partial charge on any atom is 0.242 e. The lowest BCUT2D eigenvalue weighted by Crippen LogP contribution is -2.47. The zero-order valence-electron chi connectivity index (χ0n) is 22.2. The number of carbonyl (C=O) groups is 2. The van der Waals surface area contributed by atoms with Gasteiger partial charge in [0.15, 0.2) is 5.58 Å². The molecule has 0 spiro atoms. The number of pyridine rings is 1. The summed E-state index contributed by atoms with van der Waals surface area (Å²) in [5.41, 5.74) is 4.82. The topological polar surface area (TPSA) is 109 Å². The number of para-hydroxylation sites is 1. The van der Waals surface area contributed by atoms with Crippen molar-refractivity contribution >= 4 is 44.6 Å². The van der Waals surface area contributed by atoms with Crippen LogP contribution in [-0.4, -0.2) is 42.0 Å². The summed E-state index contributed by atoms with van der Waals surface area (Å²) >= 11 is 0. The van der Waals surface area contributed by atoms with Crippen LogP contribution in [0, 0.1) is 0 Å². The maximum atomic E-state index is 13.5. The molecule has 0 saturated heterocycles. The Bertz CT molecular complexity index is 1850. The Labute approximate surface area is 230 Å². The Morgan fingerprint density at radius 1 is 1.00 bits per heavy atom. The largest absolute Gasteiger partial charge is 0.497 e. The number of amides is 2. The molecule has 3 aromatic heterocycles. The van der Waals surface area contributed by atoms with Gasteiger partial charge in [-0.25, -0.2) is 0 Å². The van der Waals surface area contributed by atoms with E-state index >= 15 is 0 Å². The molecule has 0 aliphatic carbocycles. The third-order valence-electron chi connectivity index (χ3n) is 7.22. The van der Waals surface area contributed by atoms with E-state index in [0.717, 1.165) is 49.6 Å². The predicted octanol–water partition coefficient (Wildman–Crippen LogP) is 5.15. The lowest BCUT2D eigenvalue weighted by Gasteiger charge is -2.17. The summed E-state index contributed by atoms with van der Waals surface area (Å²) in [4.78, 5) is 34.2. The van der Waals surface area contributed by atoms with E-state index in [0.29, 0.717) is 17.8 Å². The summed E-state index contributed by atoms with van der Waals surface area (Å²) in [5, 5.41) is 8.42. The monoisotopic (exact) mass is 532 g/mol. The Hall–Kier alpha value is -5.11. The summed E-state index contributed by atoms with van der Waals surface area (Å²) in [6.45, 7) is 0. The number of fused-ring (bicyclic) bond motifs is 4. The minimum absolute atomic E-state index is 0.0219.